The molecule has 1 fully saturated rings. The van der Waals surface area contributed by atoms with Crippen LogP contribution in [0.2, 0.25) is 0 Å². The Morgan fingerprint density at radius 1 is 1.58 bits per heavy atom. The zero-order valence-corrected chi connectivity index (χ0v) is 8.08. The van der Waals surface area contributed by atoms with E-state index >= 15 is 0 Å². The first-order valence-electron chi connectivity index (χ1n) is 4.59. The predicted molar refractivity (Wildman–Crippen MR) is 51.0 cm³/mol. The van der Waals surface area contributed by atoms with Crippen molar-refractivity contribution in [2.75, 3.05) is 20.1 Å². The highest BCUT2D eigenvalue weighted by atomic mass is 16.3. The van der Waals surface area contributed by atoms with Crippen molar-refractivity contribution in [2.24, 2.45) is 5.92 Å². The molecule has 0 aliphatic heterocycles. The Morgan fingerprint density at radius 2 is 2.17 bits per heavy atom. The van der Waals surface area contributed by atoms with E-state index in [0.29, 0.717) is 5.92 Å². The highest BCUT2D eigenvalue weighted by Gasteiger charge is 2.27. The number of rotatable bonds is 4. The molecule has 0 amide bonds. The summed E-state index contributed by atoms with van der Waals surface area (Å²) < 4.78 is 0. The second-order valence-electron chi connectivity index (χ2n) is 4.15. The minimum Gasteiger partial charge on any atom is -0.393 e. The smallest absolute Gasteiger partial charge is 0.0546 e. The van der Waals surface area contributed by atoms with E-state index in [1.54, 1.807) is 0 Å². The lowest BCUT2D eigenvalue weighted by atomic mass is 9.82. The van der Waals surface area contributed by atoms with E-state index in [0.717, 1.165) is 25.9 Å². The monoisotopic (exact) mass is 169 g/mol. The summed E-state index contributed by atoms with van der Waals surface area (Å²) in [5.41, 5.74) is 1.21. The third-order valence-electron chi connectivity index (χ3n) is 2.32. The van der Waals surface area contributed by atoms with Crippen LogP contribution in [0.1, 0.15) is 19.8 Å². The van der Waals surface area contributed by atoms with Gasteiger partial charge in [-0.05, 0) is 32.7 Å². The van der Waals surface area contributed by atoms with Gasteiger partial charge in [0, 0.05) is 13.1 Å². The van der Waals surface area contributed by atoms with Crippen LogP contribution in [0.4, 0.5) is 0 Å². The molecule has 0 aromatic carbocycles. The molecule has 0 heterocycles. The average molecular weight is 169 g/mol. The Bertz CT molecular complexity index is 161. The van der Waals surface area contributed by atoms with Gasteiger partial charge in [-0.15, -0.1) is 0 Å². The van der Waals surface area contributed by atoms with Gasteiger partial charge in [-0.2, -0.15) is 0 Å². The molecule has 70 valence electrons. The van der Waals surface area contributed by atoms with Crippen molar-refractivity contribution >= 4 is 0 Å². The van der Waals surface area contributed by atoms with Crippen LogP contribution in [-0.2, 0) is 0 Å². The molecule has 1 N–H and O–H groups in total. The summed E-state index contributed by atoms with van der Waals surface area (Å²) in [4.78, 5) is 2.28. The van der Waals surface area contributed by atoms with E-state index in [1.807, 2.05) is 6.92 Å². The van der Waals surface area contributed by atoms with Gasteiger partial charge in [-0.1, -0.05) is 12.2 Å². The Hall–Kier alpha value is -0.340. The van der Waals surface area contributed by atoms with Gasteiger partial charge in [0.15, 0.2) is 0 Å². The molecule has 1 rings (SSSR count). The highest BCUT2D eigenvalue weighted by Crippen LogP contribution is 2.27. The van der Waals surface area contributed by atoms with Crippen molar-refractivity contribution < 1.29 is 5.11 Å². The van der Waals surface area contributed by atoms with E-state index in [9.17, 15) is 0 Å². The van der Waals surface area contributed by atoms with Crippen LogP contribution < -0.4 is 0 Å². The lowest BCUT2D eigenvalue weighted by Gasteiger charge is -2.34. The molecule has 0 aromatic heterocycles. The molecule has 0 radical (unpaired) electrons. The molecule has 1 aliphatic rings. The third-order valence-corrected chi connectivity index (χ3v) is 2.32. The minimum atomic E-state index is -0.0202. The van der Waals surface area contributed by atoms with Crippen LogP contribution in [0, 0.1) is 5.92 Å². The van der Waals surface area contributed by atoms with Crippen LogP contribution in [-0.4, -0.2) is 36.2 Å². The fraction of sp³-hybridized carbons (Fsp3) is 0.800. The first-order chi connectivity index (χ1) is 5.58. The summed E-state index contributed by atoms with van der Waals surface area (Å²) >= 11 is 0. The van der Waals surface area contributed by atoms with E-state index in [1.165, 1.54) is 5.57 Å². The van der Waals surface area contributed by atoms with E-state index < -0.39 is 0 Å². The fourth-order valence-electron chi connectivity index (χ4n) is 1.82. The zero-order chi connectivity index (χ0) is 9.14. The molecular weight excluding hydrogens is 150 g/mol. The Kier molecular flexibility index (Phi) is 3.29. The molecule has 0 atom stereocenters. The molecule has 2 nitrogen and oxygen atoms in total. The van der Waals surface area contributed by atoms with Crippen LogP contribution in [0.3, 0.4) is 0 Å². The van der Waals surface area contributed by atoms with Gasteiger partial charge in [0.2, 0.25) is 0 Å². The van der Waals surface area contributed by atoms with Crippen molar-refractivity contribution in [3.63, 3.8) is 0 Å². The van der Waals surface area contributed by atoms with Gasteiger partial charge >= 0.3 is 0 Å². The average Bonchev–Trinajstić information content (AvgIpc) is 1.82. The maximum atomic E-state index is 9.08. The van der Waals surface area contributed by atoms with Crippen LogP contribution >= 0.6 is 0 Å². The lowest BCUT2D eigenvalue weighted by molar-refractivity contribution is 0.0296. The van der Waals surface area contributed by atoms with E-state index in [-0.39, 0.29) is 6.10 Å². The summed E-state index contributed by atoms with van der Waals surface area (Å²) in [6.45, 7) is 8.00. The van der Waals surface area contributed by atoms with Crippen molar-refractivity contribution in [2.45, 2.75) is 25.9 Å². The molecule has 0 spiro atoms. The zero-order valence-electron chi connectivity index (χ0n) is 8.08. The summed E-state index contributed by atoms with van der Waals surface area (Å²) in [6.07, 6.45) is 1.95. The normalized spacial score (nSPS) is 28.7. The molecule has 0 aromatic rings. The van der Waals surface area contributed by atoms with E-state index in [4.69, 9.17) is 5.11 Å². The number of hydrogen-bond acceptors (Lipinski definition) is 2. The predicted octanol–water partition coefficient (Wildman–Crippen LogP) is 1.27. The first-order valence-corrected chi connectivity index (χ1v) is 4.59. The molecule has 0 unspecified atom stereocenters. The maximum absolute atomic E-state index is 9.08. The Morgan fingerprint density at radius 3 is 2.58 bits per heavy atom. The molecule has 2 heteroatoms. The maximum Gasteiger partial charge on any atom is 0.0546 e. The van der Waals surface area contributed by atoms with Gasteiger partial charge in [-0.25, -0.2) is 0 Å². The summed E-state index contributed by atoms with van der Waals surface area (Å²) in [6, 6.07) is 0. The Balaban J connectivity index is 2.10. The van der Waals surface area contributed by atoms with Gasteiger partial charge in [0.1, 0.15) is 0 Å². The van der Waals surface area contributed by atoms with Gasteiger partial charge in [0.05, 0.1) is 6.10 Å². The quantitative estimate of drug-likeness (QED) is 0.641. The molecule has 0 saturated heterocycles. The molecule has 12 heavy (non-hydrogen) atoms. The fourth-order valence-corrected chi connectivity index (χ4v) is 1.82. The number of nitrogens with zero attached hydrogens (tertiary/aromatic N) is 1. The van der Waals surface area contributed by atoms with Gasteiger partial charge in [-0.3, -0.25) is 0 Å². The summed E-state index contributed by atoms with van der Waals surface area (Å²) in [5, 5.41) is 9.08. The van der Waals surface area contributed by atoms with Crippen LogP contribution in [0.15, 0.2) is 12.2 Å². The molecule has 1 aliphatic carbocycles. The number of likely N-dealkylation sites (N-methyl/N-ethyl adjacent to an activating group) is 1. The second-order valence-corrected chi connectivity index (χ2v) is 4.15. The van der Waals surface area contributed by atoms with Crippen molar-refractivity contribution in [1.82, 2.24) is 4.90 Å². The van der Waals surface area contributed by atoms with Crippen LogP contribution in [0.25, 0.3) is 0 Å². The SMILES string of the molecule is C=C(C)CN(C)CC1CC(O)C1. The van der Waals surface area contributed by atoms with Gasteiger partial charge in [0.25, 0.3) is 0 Å². The van der Waals surface area contributed by atoms with Crippen molar-refractivity contribution in [3.8, 4) is 0 Å². The largest absolute Gasteiger partial charge is 0.393 e. The van der Waals surface area contributed by atoms with Gasteiger partial charge < -0.3 is 10.0 Å². The lowest BCUT2D eigenvalue weighted by Crippen LogP contribution is -2.37. The first kappa shape index (κ1) is 9.75. The topological polar surface area (TPSA) is 23.5 Å². The number of aliphatic hydroxyl groups excluding tert-OH is 1. The number of hydrogen-bond donors (Lipinski definition) is 1. The molecular formula is C10H19NO. The molecule has 1 saturated carbocycles. The molecule has 0 bridgehead atoms. The Labute approximate surface area is 74.9 Å². The van der Waals surface area contributed by atoms with E-state index in [2.05, 4.69) is 18.5 Å². The standard InChI is InChI=1S/C10H19NO/c1-8(2)6-11(3)7-9-4-10(12)5-9/h9-10,12H,1,4-7H2,2-3H3. The van der Waals surface area contributed by atoms with Crippen molar-refractivity contribution in [3.05, 3.63) is 12.2 Å². The number of aliphatic hydroxyl groups is 1. The van der Waals surface area contributed by atoms with Crippen molar-refractivity contribution in [1.29, 1.82) is 0 Å². The second kappa shape index (κ2) is 4.06. The third kappa shape index (κ3) is 2.95. The minimum absolute atomic E-state index is 0.0202. The van der Waals surface area contributed by atoms with Crippen LogP contribution in [0.5, 0.6) is 0 Å². The highest BCUT2D eigenvalue weighted by molar-refractivity contribution is 4.92. The summed E-state index contributed by atoms with van der Waals surface area (Å²) in [7, 11) is 2.11. The summed E-state index contributed by atoms with van der Waals surface area (Å²) in [5.74, 6) is 0.712.